The molecule has 0 aliphatic heterocycles. The largest absolute Gasteiger partial charge is 0.493 e. The first-order valence-electron chi connectivity index (χ1n) is 7.38. The fourth-order valence-electron chi connectivity index (χ4n) is 2.42. The van der Waals surface area contributed by atoms with E-state index in [1.165, 1.54) is 17.9 Å². The summed E-state index contributed by atoms with van der Waals surface area (Å²) in [4.78, 5) is 28.4. The predicted octanol–water partition coefficient (Wildman–Crippen LogP) is 2.32. The molecule has 0 N–H and O–H groups in total. The van der Waals surface area contributed by atoms with E-state index in [-0.39, 0.29) is 12.1 Å². The highest BCUT2D eigenvalue weighted by Crippen LogP contribution is 2.27. The van der Waals surface area contributed by atoms with Gasteiger partial charge >= 0.3 is 5.97 Å². The normalized spacial score (nSPS) is 10.6. The van der Waals surface area contributed by atoms with E-state index in [1.807, 2.05) is 19.1 Å². The molecule has 3 rings (SSSR count). The number of methoxy groups -OCH3 is 1. The van der Waals surface area contributed by atoms with Gasteiger partial charge in [0.15, 0.2) is 11.5 Å². The third-order valence-corrected chi connectivity index (χ3v) is 3.58. The van der Waals surface area contributed by atoms with Gasteiger partial charge in [0.2, 0.25) is 0 Å². The fourth-order valence-corrected chi connectivity index (χ4v) is 2.42. The van der Waals surface area contributed by atoms with Crippen molar-refractivity contribution in [2.24, 2.45) is 0 Å². The van der Waals surface area contributed by atoms with Crippen LogP contribution < -0.4 is 15.0 Å². The number of rotatable bonds is 4. The van der Waals surface area contributed by atoms with Gasteiger partial charge in [0.25, 0.3) is 5.56 Å². The standard InChI is InChI=1S/C18H16N2O4/c1-12-7-8-15(16(9-12)23-2)24-18(22)11-20-14-6-4-3-5-13(14)19-10-17(20)21/h3-10H,11H2,1-2H3. The zero-order valence-electron chi connectivity index (χ0n) is 13.4. The summed E-state index contributed by atoms with van der Waals surface area (Å²) >= 11 is 0. The molecule has 0 aliphatic carbocycles. The Morgan fingerprint density at radius 2 is 1.96 bits per heavy atom. The number of esters is 1. The molecule has 0 spiro atoms. The van der Waals surface area contributed by atoms with Gasteiger partial charge in [0, 0.05) is 0 Å². The van der Waals surface area contributed by atoms with Gasteiger partial charge < -0.3 is 9.47 Å². The number of benzene rings is 2. The summed E-state index contributed by atoms with van der Waals surface area (Å²) < 4.78 is 11.9. The number of para-hydroxylation sites is 2. The first-order valence-corrected chi connectivity index (χ1v) is 7.38. The molecular formula is C18H16N2O4. The Morgan fingerprint density at radius 1 is 1.17 bits per heavy atom. The lowest BCUT2D eigenvalue weighted by atomic mass is 10.2. The zero-order chi connectivity index (χ0) is 17.1. The lowest BCUT2D eigenvalue weighted by Gasteiger charge is -2.12. The number of aryl methyl sites for hydroxylation is 1. The number of ether oxygens (including phenoxy) is 2. The molecule has 3 aromatic rings. The SMILES string of the molecule is COc1cc(C)ccc1OC(=O)Cn1c(=O)cnc2ccccc21. The Morgan fingerprint density at radius 3 is 2.75 bits per heavy atom. The summed E-state index contributed by atoms with van der Waals surface area (Å²) in [6, 6.07) is 12.4. The summed E-state index contributed by atoms with van der Waals surface area (Å²) in [6.07, 6.45) is 1.20. The quantitative estimate of drug-likeness (QED) is 0.544. The minimum atomic E-state index is -0.560. The number of hydrogen-bond acceptors (Lipinski definition) is 5. The van der Waals surface area contributed by atoms with Crippen molar-refractivity contribution in [3.63, 3.8) is 0 Å². The summed E-state index contributed by atoms with van der Waals surface area (Å²) in [5.74, 6) is 0.227. The smallest absolute Gasteiger partial charge is 0.331 e. The van der Waals surface area contributed by atoms with Gasteiger partial charge in [-0.25, -0.2) is 9.78 Å². The van der Waals surface area contributed by atoms with Crippen LogP contribution in [0.1, 0.15) is 5.56 Å². The monoisotopic (exact) mass is 324 g/mol. The highest BCUT2D eigenvalue weighted by molar-refractivity contribution is 5.78. The molecule has 0 fully saturated rings. The van der Waals surface area contributed by atoms with E-state index in [9.17, 15) is 9.59 Å². The van der Waals surface area contributed by atoms with Crippen LogP contribution in [0, 0.1) is 6.92 Å². The van der Waals surface area contributed by atoms with Gasteiger partial charge in [-0.05, 0) is 36.8 Å². The molecule has 0 amide bonds. The topological polar surface area (TPSA) is 70.4 Å². The van der Waals surface area contributed by atoms with E-state index in [2.05, 4.69) is 4.98 Å². The number of aromatic nitrogens is 2. The lowest BCUT2D eigenvalue weighted by Crippen LogP contribution is -2.27. The van der Waals surface area contributed by atoms with Crippen molar-refractivity contribution in [2.75, 3.05) is 7.11 Å². The van der Waals surface area contributed by atoms with E-state index in [0.29, 0.717) is 22.5 Å². The molecule has 24 heavy (non-hydrogen) atoms. The molecular weight excluding hydrogens is 308 g/mol. The van der Waals surface area contributed by atoms with E-state index < -0.39 is 5.97 Å². The first kappa shape index (κ1) is 15.7. The maximum absolute atomic E-state index is 12.3. The highest BCUT2D eigenvalue weighted by atomic mass is 16.6. The van der Waals surface area contributed by atoms with Gasteiger partial charge in [-0.3, -0.25) is 9.36 Å². The molecule has 0 saturated carbocycles. The van der Waals surface area contributed by atoms with Gasteiger partial charge in [0.05, 0.1) is 24.3 Å². The highest BCUT2D eigenvalue weighted by Gasteiger charge is 2.13. The van der Waals surface area contributed by atoms with Crippen LogP contribution in [0.4, 0.5) is 0 Å². The third kappa shape index (κ3) is 3.12. The second kappa shape index (κ2) is 6.54. The van der Waals surface area contributed by atoms with Crippen LogP contribution in [0.5, 0.6) is 11.5 Å². The molecule has 1 aromatic heterocycles. The van der Waals surface area contributed by atoms with Crippen LogP contribution in [-0.2, 0) is 11.3 Å². The van der Waals surface area contributed by atoms with E-state index >= 15 is 0 Å². The Labute approximate surface area is 138 Å². The van der Waals surface area contributed by atoms with Gasteiger partial charge in [-0.1, -0.05) is 18.2 Å². The molecule has 1 heterocycles. The van der Waals surface area contributed by atoms with Gasteiger partial charge in [-0.2, -0.15) is 0 Å². The molecule has 0 atom stereocenters. The molecule has 0 aliphatic rings. The van der Waals surface area contributed by atoms with Crippen molar-refractivity contribution in [3.05, 3.63) is 64.6 Å². The van der Waals surface area contributed by atoms with Crippen LogP contribution in [-0.4, -0.2) is 22.6 Å². The Bertz CT molecular complexity index is 963. The Hall–Kier alpha value is -3.15. The van der Waals surface area contributed by atoms with E-state index in [1.54, 1.807) is 30.3 Å². The minimum absolute atomic E-state index is 0.209. The fraction of sp³-hybridized carbons (Fsp3) is 0.167. The number of nitrogens with zero attached hydrogens (tertiary/aromatic N) is 2. The minimum Gasteiger partial charge on any atom is -0.493 e. The zero-order valence-corrected chi connectivity index (χ0v) is 13.4. The average Bonchev–Trinajstić information content (AvgIpc) is 2.59. The second-order valence-electron chi connectivity index (χ2n) is 5.30. The predicted molar refractivity (Wildman–Crippen MR) is 89.4 cm³/mol. The third-order valence-electron chi connectivity index (χ3n) is 3.58. The van der Waals surface area contributed by atoms with Crippen molar-refractivity contribution in [2.45, 2.75) is 13.5 Å². The van der Waals surface area contributed by atoms with Crippen LogP contribution in [0.15, 0.2) is 53.5 Å². The Kier molecular flexibility index (Phi) is 4.29. The first-order chi connectivity index (χ1) is 11.6. The van der Waals surface area contributed by atoms with Gasteiger partial charge in [-0.15, -0.1) is 0 Å². The van der Waals surface area contributed by atoms with Crippen molar-refractivity contribution >= 4 is 17.0 Å². The Balaban J connectivity index is 1.89. The van der Waals surface area contributed by atoms with E-state index in [0.717, 1.165) is 5.56 Å². The molecule has 122 valence electrons. The van der Waals surface area contributed by atoms with Crippen molar-refractivity contribution in [1.82, 2.24) is 9.55 Å². The summed E-state index contributed by atoms with van der Waals surface area (Å²) in [5.41, 5.74) is 1.85. The van der Waals surface area contributed by atoms with Crippen molar-refractivity contribution < 1.29 is 14.3 Å². The summed E-state index contributed by atoms with van der Waals surface area (Å²) in [5, 5.41) is 0. The summed E-state index contributed by atoms with van der Waals surface area (Å²) in [7, 11) is 1.51. The lowest BCUT2D eigenvalue weighted by molar-refractivity contribution is -0.135. The molecule has 6 heteroatoms. The maximum atomic E-state index is 12.3. The molecule has 2 aromatic carbocycles. The van der Waals surface area contributed by atoms with Gasteiger partial charge in [0.1, 0.15) is 6.54 Å². The number of fused-ring (bicyclic) bond motifs is 1. The van der Waals surface area contributed by atoms with Crippen LogP contribution in [0.2, 0.25) is 0 Å². The van der Waals surface area contributed by atoms with Crippen molar-refractivity contribution in [3.8, 4) is 11.5 Å². The maximum Gasteiger partial charge on any atom is 0.331 e. The van der Waals surface area contributed by atoms with Crippen LogP contribution in [0.3, 0.4) is 0 Å². The average molecular weight is 324 g/mol. The number of carbonyl (C=O) groups excluding carboxylic acids is 1. The molecule has 0 saturated heterocycles. The molecule has 0 radical (unpaired) electrons. The van der Waals surface area contributed by atoms with Crippen LogP contribution >= 0.6 is 0 Å². The molecule has 0 bridgehead atoms. The number of hydrogen-bond donors (Lipinski definition) is 0. The van der Waals surface area contributed by atoms with Crippen molar-refractivity contribution in [1.29, 1.82) is 0 Å². The summed E-state index contributed by atoms with van der Waals surface area (Å²) in [6.45, 7) is 1.70. The second-order valence-corrected chi connectivity index (χ2v) is 5.30. The molecule has 6 nitrogen and oxygen atoms in total. The van der Waals surface area contributed by atoms with Crippen LogP contribution in [0.25, 0.3) is 11.0 Å². The number of carbonyl (C=O) groups is 1. The molecule has 0 unspecified atom stereocenters. The van der Waals surface area contributed by atoms with E-state index in [4.69, 9.17) is 9.47 Å².